The van der Waals surface area contributed by atoms with Crippen molar-refractivity contribution in [3.8, 4) is 0 Å². The van der Waals surface area contributed by atoms with E-state index in [0.717, 1.165) is 52.6 Å². The van der Waals surface area contributed by atoms with E-state index >= 15 is 0 Å². The van der Waals surface area contributed by atoms with E-state index in [9.17, 15) is 0 Å². The Bertz CT molecular complexity index is 261. The number of nitrogens with zero attached hydrogens (tertiary/aromatic N) is 2. The first-order chi connectivity index (χ1) is 7.95. The van der Waals surface area contributed by atoms with Crippen molar-refractivity contribution in [2.75, 3.05) is 52.6 Å². The molecule has 3 aliphatic rings. The predicted octanol–water partition coefficient (Wildman–Crippen LogP) is 1.17. The summed E-state index contributed by atoms with van der Waals surface area (Å²) in [7, 11) is 3.79. The molecule has 0 aromatic heterocycles. The molecule has 0 aromatic carbocycles. The van der Waals surface area contributed by atoms with Crippen LogP contribution in [0, 0.1) is 0 Å². The van der Waals surface area contributed by atoms with Crippen LogP contribution in [0.4, 0.5) is 0 Å². The summed E-state index contributed by atoms with van der Waals surface area (Å²) < 4.78 is 12.3. The first-order valence-corrected chi connectivity index (χ1v) is 7.84. The van der Waals surface area contributed by atoms with Gasteiger partial charge >= 0.3 is 0 Å². The Balaban J connectivity index is 1.73. The van der Waals surface area contributed by atoms with E-state index < -0.39 is 0 Å². The lowest BCUT2D eigenvalue weighted by atomic mass is 10.3. The molecule has 3 aliphatic heterocycles. The molecule has 0 unspecified atom stereocenters. The third kappa shape index (κ3) is 2.45. The summed E-state index contributed by atoms with van der Waals surface area (Å²) in [6.07, 6.45) is 0. The third-order valence-electron chi connectivity index (χ3n) is 2.97. The zero-order valence-electron chi connectivity index (χ0n) is 9.18. The van der Waals surface area contributed by atoms with Crippen LogP contribution in [0.2, 0.25) is 0 Å². The minimum atomic E-state index is 0.858. The molecule has 3 saturated heterocycles. The molecular formula is C10H16N2O2S2. The normalized spacial score (nSPS) is 25.9. The Morgan fingerprint density at radius 2 is 1.25 bits per heavy atom. The molecule has 0 aromatic rings. The van der Waals surface area contributed by atoms with Gasteiger partial charge in [-0.05, 0) is 21.6 Å². The first-order valence-electron chi connectivity index (χ1n) is 5.69. The van der Waals surface area contributed by atoms with Crippen LogP contribution in [0.25, 0.3) is 0 Å². The first kappa shape index (κ1) is 11.1. The van der Waals surface area contributed by atoms with Crippen LogP contribution < -0.4 is 0 Å². The maximum Gasteiger partial charge on any atom is 0.127 e. The summed E-state index contributed by atoms with van der Waals surface area (Å²) in [6, 6.07) is 0. The lowest BCUT2D eigenvalue weighted by Crippen LogP contribution is -2.45. The molecule has 3 fully saturated rings. The summed E-state index contributed by atoms with van der Waals surface area (Å²) in [5.74, 6) is 1.43. The van der Waals surface area contributed by atoms with E-state index in [1.807, 2.05) is 21.6 Å². The molecule has 16 heavy (non-hydrogen) atoms. The average Bonchev–Trinajstić information content (AvgIpc) is 3.17. The highest BCUT2D eigenvalue weighted by Crippen LogP contribution is 2.60. The van der Waals surface area contributed by atoms with Gasteiger partial charge in [0.2, 0.25) is 0 Å². The van der Waals surface area contributed by atoms with E-state index in [1.54, 1.807) is 0 Å². The second-order valence-corrected chi connectivity index (χ2v) is 6.38. The van der Waals surface area contributed by atoms with Gasteiger partial charge in [0, 0.05) is 26.2 Å². The van der Waals surface area contributed by atoms with Crippen molar-refractivity contribution < 1.29 is 9.47 Å². The number of hydrogen-bond acceptors (Lipinski definition) is 6. The fourth-order valence-corrected chi connectivity index (χ4v) is 3.38. The molecule has 0 spiro atoms. The van der Waals surface area contributed by atoms with Gasteiger partial charge in [0.25, 0.3) is 0 Å². The molecule has 3 rings (SSSR count). The van der Waals surface area contributed by atoms with Crippen molar-refractivity contribution >= 4 is 21.6 Å². The van der Waals surface area contributed by atoms with Crippen molar-refractivity contribution in [2.45, 2.75) is 0 Å². The van der Waals surface area contributed by atoms with E-state index in [2.05, 4.69) is 9.80 Å². The SMILES string of the molecule is C1CN(C(=C2SS2)N2CCOCC2)CCO1. The van der Waals surface area contributed by atoms with Crippen LogP contribution in [-0.2, 0) is 9.47 Å². The Hall–Kier alpha value is -0.0400. The molecule has 0 N–H and O–H groups in total. The Morgan fingerprint density at radius 1 is 0.812 bits per heavy atom. The minimum absolute atomic E-state index is 0.858. The maximum atomic E-state index is 5.42. The van der Waals surface area contributed by atoms with Crippen molar-refractivity contribution in [2.24, 2.45) is 0 Å². The van der Waals surface area contributed by atoms with Gasteiger partial charge in [0.1, 0.15) is 10.1 Å². The van der Waals surface area contributed by atoms with Gasteiger partial charge in [-0.15, -0.1) is 0 Å². The summed E-state index contributed by atoms with van der Waals surface area (Å²) in [6.45, 7) is 7.53. The van der Waals surface area contributed by atoms with Gasteiger partial charge in [-0.3, -0.25) is 0 Å². The fourth-order valence-electron chi connectivity index (χ4n) is 2.10. The maximum absolute atomic E-state index is 5.42. The largest absolute Gasteiger partial charge is 0.378 e. The molecule has 4 nitrogen and oxygen atoms in total. The molecule has 6 heteroatoms. The molecule has 0 amide bonds. The summed E-state index contributed by atoms with van der Waals surface area (Å²) in [4.78, 5) is 4.94. The number of ether oxygens (including phenoxy) is 2. The van der Waals surface area contributed by atoms with Gasteiger partial charge in [-0.2, -0.15) is 0 Å². The Morgan fingerprint density at radius 3 is 1.62 bits per heavy atom. The minimum Gasteiger partial charge on any atom is -0.378 e. The second-order valence-electron chi connectivity index (χ2n) is 3.98. The molecule has 90 valence electrons. The molecule has 0 aliphatic carbocycles. The molecule has 0 bridgehead atoms. The van der Waals surface area contributed by atoms with Crippen molar-refractivity contribution in [3.63, 3.8) is 0 Å². The molecule has 0 saturated carbocycles. The second kappa shape index (κ2) is 5.08. The van der Waals surface area contributed by atoms with Gasteiger partial charge in [0.05, 0.1) is 26.4 Å². The van der Waals surface area contributed by atoms with Crippen LogP contribution >= 0.6 is 21.6 Å². The quantitative estimate of drug-likeness (QED) is 0.546. The number of rotatable bonds is 2. The number of hydrogen-bond donors (Lipinski definition) is 0. The van der Waals surface area contributed by atoms with Crippen molar-refractivity contribution in [3.05, 3.63) is 10.1 Å². The Labute approximate surface area is 104 Å². The van der Waals surface area contributed by atoms with Crippen molar-refractivity contribution in [1.82, 2.24) is 9.80 Å². The van der Waals surface area contributed by atoms with Crippen molar-refractivity contribution in [1.29, 1.82) is 0 Å². The average molecular weight is 260 g/mol. The van der Waals surface area contributed by atoms with Crippen LogP contribution in [0.15, 0.2) is 10.1 Å². The summed E-state index contributed by atoms with van der Waals surface area (Å²) in [5, 5.41) is 0. The third-order valence-corrected chi connectivity index (χ3v) is 4.67. The topological polar surface area (TPSA) is 24.9 Å². The van der Waals surface area contributed by atoms with E-state index in [-0.39, 0.29) is 0 Å². The highest BCUT2D eigenvalue weighted by atomic mass is 33.2. The Kier molecular flexibility index (Phi) is 3.51. The molecule has 0 radical (unpaired) electrons. The van der Waals surface area contributed by atoms with Crippen LogP contribution in [0.1, 0.15) is 0 Å². The highest BCUT2D eigenvalue weighted by Gasteiger charge is 2.31. The zero-order valence-corrected chi connectivity index (χ0v) is 10.8. The number of morpholine rings is 2. The molecule has 3 heterocycles. The monoisotopic (exact) mass is 260 g/mol. The lowest BCUT2D eigenvalue weighted by molar-refractivity contribution is 0.00881. The van der Waals surface area contributed by atoms with E-state index in [0.29, 0.717) is 0 Å². The predicted molar refractivity (Wildman–Crippen MR) is 67.0 cm³/mol. The summed E-state index contributed by atoms with van der Waals surface area (Å²) in [5.41, 5.74) is 0. The fraction of sp³-hybridized carbons (Fsp3) is 0.800. The van der Waals surface area contributed by atoms with E-state index in [4.69, 9.17) is 9.47 Å². The van der Waals surface area contributed by atoms with Crippen LogP contribution in [0.5, 0.6) is 0 Å². The molecule has 0 atom stereocenters. The van der Waals surface area contributed by atoms with E-state index in [1.165, 1.54) is 10.1 Å². The van der Waals surface area contributed by atoms with Gasteiger partial charge < -0.3 is 19.3 Å². The smallest absolute Gasteiger partial charge is 0.127 e. The lowest BCUT2D eigenvalue weighted by Gasteiger charge is -2.39. The zero-order chi connectivity index (χ0) is 10.8. The standard InChI is InChI=1S/C10H16N2O2S2/c1-5-13-6-2-11(1)9(10-15-16-10)12-3-7-14-8-4-12/h1-8H2. The highest BCUT2D eigenvalue weighted by molar-refractivity contribution is 8.96. The van der Waals surface area contributed by atoms with Crippen LogP contribution in [0.3, 0.4) is 0 Å². The van der Waals surface area contributed by atoms with Gasteiger partial charge in [-0.1, -0.05) is 0 Å². The van der Waals surface area contributed by atoms with Gasteiger partial charge in [-0.25, -0.2) is 0 Å². The summed E-state index contributed by atoms with van der Waals surface area (Å²) >= 11 is 0. The van der Waals surface area contributed by atoms with Gasteiger partial charge in [0.15, 0.2) is 0 Å². The van der Waals surface area contributed by atoms with Crippen LogP contribution in [-0.4, -0.2) is 62.4 Å². The molecular weight excluding hydrogens is 244 g/mol.